The summed E-state index contributed by atoms with van der Waals surface area (Å²) in [4.78, 5) is 13.8. The van der Waals surface area contributed by atoms with Crippen molar-refractivity contribution < 1.29 is 26.5 Å². The Hall–Kier alpha value is -3.11. The summed E-state index contributed by atoms with van der Waals surface area (Å²) in [6.07, 6.45) is 0. The molecule has 1 aliphatic heterocycles. The molecule has 1 amide bonds. The number of hydrogen-bond donors (Lipinski definition) is 0. The van der Waals surface area contributed by atoms with Gasteiger partial charge in [-0.25, -0.2) is 17.2 Å². The van der Waals surface area contributed by atoms with Crippen molar-refractivity contribution in [3.8, 4) is 11.3 Å². The van der Waals surface area contributed by atoms with Crippen molar-refractivity contribution in [2.75, 3.05) is 26.2 Å². The van der Waals surface area contributed by atoms with Gasteiger partial charge in [-0.2, -0.15) is 4.31 Å². The summed E-state index contributed by atoms with van der Waals surface area (Å²) in [7, 11) is -3.99. The van der Waals surface area contributed by atoms with E-state index in [0.717, 1.165) is 22.0 Å². The molecule has 0 N–H and O–H groups in total. The van der Waals surface area contributed by atoms with E-state index in [1.807, 2.05) is 30.3 Å². The predicted molar refractivity (Wildman–Crippen MR) is 103 cm³/mol. The van der Waals surface area contributed by atoms with Gasteiger partial charge in [-0.1, -0.05) is 35.5 Å². The standard InChI is InChI=1S/C20H17F2N3O4S/c21-16-7-6-15(12-17(16)22)30(27,28)25-10-8-24(9-11-25)20(26)18-13-19(29-23-18)14-4-2-1-3-5-14/h1-7,12-13H,8-11H2. The molecule has 2 aromatic carbocycles. The average molecular weight is 433 g/mol. The molecule has 30 heavy (non-hydrogen) atoms. The van der Waals surface area contributed by atoms with E-state index >= 15 is 0 Å². The van der Waals surface area contributed by atoms with Crippen molar-refractivity contribution in [2.45, 2.75) is 4.90 Å². The molecule has 7 nitrogen and oxygen atoms in total. The first-order valence-electron chi connectivity index (χ1n) is 9.13. The van der Waals surface area contributed by atoms with Crippen molar-refractivity contribution >= 4 is 15.9 Å². The lowest BCUT2D eigenvalue weighted by Gasteiger charge is -2.33. The SMILES string of the molecule is O=C(c1cc(-c2ccccc2)on1)N1CCN(S(=O)(=O)c2ccc(F)c(F)c2)CC1. The molecule has 0 radical (unpaired) electrons. The molecule has 1 saturated heterocycles. The van der Waals surface area contributed by atoms with E-state index < -0.39 is 21.7 Å². The van der Waals surface area contributed by atoms with E-state index in [2.05, 4.69) is 5.16 Å². The number of amides is 1. The van der Waals surface area contributed by atoms with E-state index in [-0.39, 0.29) is 42.7 Å². The van der Waals surface area contributed by atoms with Gasteiger partial charge >= 0.3 is 0 Å². The molecule has 2 heterocycles. The zero-order valence-electron chi connectivity index (χ0n) is 15.7. The van der Waals surface area contributed by atoms with Crippen LogP contribution in [0.3, 0.4) is 0 Å². The number of carbonyl (C=O) groups is 1. The van der Waals surface area contributed by atoms with Gasteiger partial charge in [0.1, 0.15) is 0 Å². The summed E-state index contributed by atoms with van der Waals surface area (Å²) in [5.74, 6) is -2.26. The first kappa shape index (κ1) is 20.2. The van der Waals surface area contributed by atoms with Crippen LogP contribution in [-0.2, 0) is 10.0 Å². The summed E-state index contributed by atoms with van der Waals surface area (Å²) in [5, 5.41) is 3.83. The molecule has 0 aliphatic carbocycles. The highest BCUT2D eigenvalue weighted by Crippen LogP contribution is 2.23. The fraction of sp³-hybridized carbons (Fsp3) is 0.200. The Morgan fingerprint density at radius 2 is 1.63 bits per heavy atom. The maximum absolute atomic E-state index is 13.4. The van der Waals surface area contributed by atoms with Crippen LogP contribution in [0.2, 0.25) is 0 Å². The van der Waals surface area contributed by atoms with Crippen molar-refractivity contribution in [2.24, 2.45) is 0 Å². The fourth-order valence-corrected chi connectivity index (χ4v) is 4.63. The molecule has 0 bridgehead atoms. The number of rotatable bonds is 4. The lowest BCUT2D eigenvalue weighted by Crippen LogP contribution is -2.50. The first-order valence-corrected chi connectivity index (χ1v) is 10.6. The van der Waals surface area contributed by atoms with E-state index in [1.165, 1.54) is 4.90 Å². The minimum absolute atomic E-state index is 0.0243. The summed E-state index contributed by atoms with van der Waals surface area (Å²) in [5.41, 5.74) is 0.914. The van der Waals surface area contributed by atoms with Crippen LogP contribution in [0.15, 0.2) is 64.0 Å². The average Bonchev–Trinajstić information content (AvgIpc) is 3.26. The van der Waals surface area contributed by atoms with Crippen LogP contribution in [0.1, 0.15) is 10.5 Å². The number of piperazine rings is 1. The van der Waals surface area contributed by atoms with Crippen molar-refractivity contribution in [3.63, 3.8) is 0 Å². The van der Waals surface area contributed by atoms with Crippen LogP contribution >= 0.6 is 0 Å². The number of aromatic nitrogens is 1. The van der Waals surface area contributed by atoms with Crippen LogP contribution in [0.25, 0.3) is 11.3 Å². The molecule has 0 saturated carbocycles. The zero-order valence-corrected chi connectivity index (χ0v) is 16.5. The molecule has 1 aliphatic rings. The Morgan fingerprint density at radius 1 is 0.933 bits per heavy atom. The summed E-state index contributed by atoms with van der Waals surface area (Å²) >= 11 is 0. The number of sulfonamides is 1. The van der Waals surface area contributed by atoms with Gasteiger partial charge in [0, 0.05) is 37.8 Å². The lowest BCUT2D eigenvalue weighted by atomic mass is 10.1. The summed E-state index contributed by atoms with van der Waals surface area (Å²) in [6, 6.07) is 13.2. The Morgan fingerprint density at radius 3 is 2.30 bits per heavy atom. The second-order valence-electron chi connectivity index (χ2n) is 6.71. The number of nitrogens with zero attached hydrogens (tertiary/aromatic N) is 3. The largest absolute Gasteiger partial charge is 0.355 e. The molecule has 0 unspecified atom stereocenters. The summed E-state index contributed by atoms with van der Waals surface area (Å²) in [6.45, 7) is 0.317. The van der Waals surface area contributed by atoms with Crippen molar-refractivity contribution in [1.29, 1.82) is 0 Å². The highest BCUT2D eigenvalue weighted by Gasteiger charge is 2.32. The number of halogens is 2. The normalized spacial score (nSPS) is 15.3. The Balaban J connectivity index is 1.43. The zero-order chi connectivity index (χ0) is 21.3. The molecular formula is C20H17F2N3O4S. The van der Waals surface area contributed by atoms with Gasteiger partial charge in [-0.3, -0.25) is 4.79 Å². The molecule has 4 rings (SSSR count). The molecule has 0 spiro atoms. The number of benzene rings is 2. The quantitative estimate of drug-likeness (QED) is 0.632. The molecule has 0 atom stereocenters. The monoisotopic (exact) mass is 433 g/mol. The maximum atomic E-state index is 13.4. The van der Waals surface area contributed by atoms with Crippen LogP contribution in [0, 0.1) is 11.6 Å². The van der Waals surface area contributed by atoms with Gasteiger partial charge in [0.05, 0.1) is 4.90 Å². The molecule has 1 fully saturated rings. The topological polar surface area (TPSA) is 83.7 Å². The van der Waals surface area contributed by atoms with E-state index in [9.17, 15) is 22.0 Å². The minimum atomic E-state index is -3.99. The van der Waals surface area contributed by atoms with Gasteiger partial charge in [0.2, 0.25) is 10.0 Å². The van der Waals surface area contributed by atoms with Crippen LogP contribution in [0.5, 0.6) is 0 Å². The van der Waals surface area contributed by atoms with Gasteiger partial charge < -0.3 is 9.42 Å². The third kappa shape index (κ3) is 3.83. The lowest BCUT2D eigenvalue weighted by molar-refractivity contribution is 0.0687. The third-order valence-electron chi connectivity index (χ3n) is 4.84. The van der Waals surface area contributed by atoms with Crippen LogP contribution in [0.4, 0.5) is 8.78 Å². The summed E-state index contributed by atoms with van der Waals surface area (Å²) < 4.78 is 58.2. The third-order valence-corrected chi connectivity index (χ3v) is 6.74. The van der Waals surface area contributed by atoms with Crippen LogP contribution in [-0.4, -0.2) is 54.9 Å². The Kier molecular flexibility index (Phi) is 5.35. The highest BCUT2D eigenvalue weighted by molar-refractivity contribution is 7.89. The Labute approximate surface area is 171 Å². The van der Waals surface area contributed by atoms with E-state index in [1.54, 1.807) is 6.07 Å². The second-order valence-corrected chi connectivity index (χ2v) is 8.65. The molecule has 3 aromatic rings. The van der Waals surface area contributed by atoms with Gasteiger partial charge in [0.15, 0.2) is 23.1 Å². The van der Waals surface area contributed by atoms with Crippen molar-refractivity contribution in [1.82, 2.24) is 14.4 Å². The number of hydrogen-bond acceptors (Lipinski definition) is 5. The van der Waals surface area contributed by atoms with Crippen molar-refractivity contribution in [3.05, 3.63) is 71.9 Å². The smallest absolute Gasteiger partial charge is 0.276 e. The number of carbonyl (C=O) groups excluding carboxylic acids is 1. The maximum Gasteiger partial charge on any atom is 0.276 e. The first-order chi connectivity index (χ1) is 14.4. The van der Waals surface area contributed by atoms with E-state index in [0.29, 0.717) is 11.8 Å². The molecular weight excluding hydrogens is 416 g/mol. The van der Waals surface area contributed by atoms with E-state index in [4.69, 9.17) is 4.52 Å². The molecule has 156 valence electrons. The highest BCUT2D eigenvalue weighted by atomic mass is 32.2. The minimum Gasteiger partial charge on any atom is -0.355 e. The molecule has 10 heteroatoms. The predicted octanol–water partition coefficient (Wildman–Crippen LogP) is 2.77. The molecule has 1 aromatic heterocycles. The second kappa shape index (κ2) is 7.96. The van der Waals surface area contributed by atoms with Gasteiger partial charge in [0.25, 0.3) is 5.91 Å². The Bertz CT molecular complexity index is 1170. The van der Waals surface area contributed by atoms with Crippen LogP contribution < -0.4 is 0 Å². The fourth-order valence-electron chi connectivity index (χ4n) is 3.19. The van der Waals surface area contributed by atoms with Gasteiger partial charge in [-0.05, 0) is 18.2 Å². The van der Waals surface area contributed by atoms with Gasteiger partial charge in [-0.15, -0.1) is 0 Å².